The van der Waals surface area contributed by atoms with Crippen molar-refractivity contribution < 1.29 is 105 Å². The van der Waals surface area contributed by atoms with Gasteiger partial charge in [-0.3, -0.25) is 0 Å². The van der Waals surface area contributed by atoms with E-state index in [0.717, 1.165) is 0 Å². The molecule has 4 aliphatic heterocycles. The molecule has 4 aliphatic rings. The fraction of sp³-hybridized carbons (Fsp3) is 1.00. The van der Waals surface area contributed by atoms with E-state index in [4.69, 9.17) is 33.2 Å². The third-order valence-electron chi connectivity index (χ3n) is 8.20. The summed E-state index contributed by atoms with van der Waals surface area (Å²) in [6.07, 6.45) is -35.3. The van der Waals surface area contributed by atoms with Gasteiger partial charge >= 0.3 is 0 Å². The lowest BCUT2D eigenvalue weighted by Gasteiger charge is -2.49. The Hall–Kier alpha value is -0.840. The molecule has 0 saturated carbocycles. The molecule has 0 radical (unpaired) electrons. The lowest BCUT2D eigenvalue weighted by molar-refractivity contribution is -0.387. The van der Waals surface area contributed by atoms with Gasteiger partial charge in [0.15, 0.2) is 25.2 Å². The van der Waals surface area contributed by atoms with Crippen LogP contribution in [0, 0.1) is 0 Å². The van der Waals surface area contributed by atoms with Gasteiger partial charge in [-0.25, -0.2) is 0 Å². The van der Waals surface area contributed by atoms with E-state index in [0.29, 0.717) is 0 Å². The molecule has 0 aromatic rings. The number of aliphatic hydroxyl groups is 14. The van der Waals surface area contributed by atoms with Crippen molar-refractivity contribution in [3.63, 3.8) is 0 Å². The number of rotatable bonds is 10. The topological polar surface area (TPSA) is 348 Å². The van der Waals surface area contributed by atoms with Gasteiger partial charge in [-0.1, -0.05) is 0 Å². The first-order chi connectivity index (χ1) is 21.3. The zero-order valence-electron chi connectivity index (χ0n) is 23.5. The average molecular weight is 667 g/mol. The van der Waals surface area contributed by atoms with Crippen molar-refractivity contribution in [2.24, 2.45) is 0 Å². The Labute approximate surface area is 254 Å². The standard InChI is InChI=1S/C24H42O21/c25-1-5-9(29)10(30)15(35)22(40-5)44-19-7(3-27)42-24(17(37)12(19)32)45-20-8(4-28)41-23(16(36)13(20)33)43-18-6(2-26)39-21(38)14(34)11(18)31/h5-38H,1-4H2/t5-,6-,7-,8-,9-,10+,11-,12-,13-,14+,15-,16-,17-,18-,19-,20-,21-,22+,23+,24+/m1/s1. The van der Waals surface area contributed by atoms with Crippen LogP contribution in [0.2, 0.25) is 0 Å². The second kappa shape index (κ2) is 15.6. The molecule has 4 heterocycles. The monoisotopic (exact) mass is 666 g/mol. The van der Waals surface area contributed by atoms with Crippen molar-refractivity contribution in [1.82, 2.24) is 0 Å². The molecule has 264 valence electrons. The van der Waals surface area contributed by atoms with Crippen molar-refractivity contribution in [2.75, 3.05) is 26.4 Å². The number of hydrogen-bond acceptors (Lipinski definition) is 21. The molecule has 0 aromatic heterocycles. The van der Waals surface area contributed by atoms with Crippen molar-refractivity contribution in [3.05, 3.63) is 0 Å². The zero-order valence-corrected chi connectivity index (χ0v) is 23.5. The van der Waals surface area contributed by atoms with Gasteiger partial charge < -0.3 is 105 Å². The van der Waals surface area contributed by atoms with Crippen LogP contribution in [0.15, 0.2) is 0 Å². The molecule has 4 fully saturated rings. The SMILES string of the molecule is OC[C@H]1O[C@@H](O[C@H]2[C@H](O)[C@@H](O)[C@H](O[C@H]3[C@H](O)[C@@H](O)[C@H](O[C@H]4[C@H](O)[C@H](O)[C@H](O)O[C@@H]4CO)O[C@@H]3CO)O[C@@H]2CO)[C@H](O)[C@@H](O)[C@@H]1O. The minimum absolute atomic E-state index is 0.784. The highest BCUT2D eigenvalue weighted by molar-refractivity contribution is 4.97. The average Bonchev–Trinajstić information content (AvgIpc) is 3.03. The summed E-state index contributed by atoms with van der Waals surface area (Å²) in [6, 6.07) is 0. The molecular formula is C24H42O21. The molecule has 0 amide bonds. The van der Waals surface area contributed by atoms with Crippen LogP contribution in [0.25, 0.3) is 0 Å². The second-order valence-corrected chi connectivity index (χ2v) is 11.1. The summed E-state index contributed by atoms with van der Waals surface area (Å²) >= 11 is 0. The van der Waals surface area contributed by atoms with E-state index in [9.17, 15) is 71.5 Å². The molecule has 4 rings (SSSR count). The lowest BCUT2D eigenvalue weighted by atomic mass is 9.95. The van der Waals surface area contributed by atoms with Crippen LogP contribution in [-0.4, -0.2) is 221 Å². The quantitative estimate of drug-likeness (QED) is 0.103. The Morgan fingerprint density at radius 2 is 0.644 bits per heavy atom. The number of ether oxygens (including phenoxy) is 7. The van der Waals surface area contributed by atoms with E-state index in [-0.39, 0.29) is 0 Å². The number of hydrogen-bond donors (Lipinski definition) is 14. The molecule has 45 heavy (non-hydrogen) atoms. The fourth-order valence-electron chi connectivity index (χ4n) is 5.55. The summed E-state index contributed by atoms with van der Waals surface area (Å²) in [5.41, 5.74) is 0. The van der Waals surface area contributed by atoms with Gasteiger partial charge in [-0.05, 0) is 0 Å². The Morgan fingerprint density at radius 3 is 1.02 bits per heavy atom. The Morgan fingerprint density at radius 1 is 0.333 bits per heavy atom. The van der Waals surface area contributed by atoms with Crippen molar-refractivity contribution in [3.8, 4) is 0 Å². The van der Waals surface area contributed by atoms with E-state index in [1.54, 1.807) is 0 Å². The van der Waals surface area contributed by atoms with Gasteiger partial charge in [0.1, 0.15) is 97.7 Å². The molecule has 14 N–H and O–H groups in total. The van der Waals surface area contributed by atoms with Crippen LogP contribution in [0.3, 0.4) is 0 Å². The van der Waals surface area contributed by atoms with E-state index in [2.05, 4.69) is 0 Å². The maximum Gasteiger partial charge on any atom is 0.187 e. The Balaban J connectivity index is 1.43. The first-order valence-electron chi connectivity index (χ1n) is 14.1. The molecule has 20 atom stereocenters. The zero-order chi connectivity index (χ0) is 33.3. The summed E-state index contributed by atoms with van der Waals surface area (Å²) in [7, 11) is 0. The van der Waals surface area contributed by atoms with Crippen LogP contribution in [0.1, 0.15) is 0 Å². The molecule has 0 aromatic carbocycles. The molecule has 0 spiro atoms. The van der Waals surface area contributed by atoms with Crippen LogP contribution in [0.5, 0.6) is 0 Å². The predicted molar refractivity (Wildman–Crippen MR) is 134 cm³/mol. The van der Waals surface area contributed by atoms with Gasteiger partial charge in [0.05, 0.1) is 26.4 Å². The van der Waals surface area contributed by atoms with Crippen LogP contribution in [0.4, 0.5) is 0 Å². The first-order valence-corrected chi connectivity index (χ1v) is 14.1. The third-order valence-corrected chi connectivity index (χ3v) is 8.20. The van der Waals surface area contributed by atoms with Crippen LogP contribution >= 0.6 is 0 Å². The van der Waals surface area contributed by atoms with Crippen LogP contribution in [-0.2, 0) is 33.2 Å². The van der Waals surface area contributed by atoms with Gasteiger partial charge in [0.25, 0.3) is 0 Å². The summed E-state index contributed by atoms with van der Waals surface area (Å²) < 4.78 is 37.7. The van der Waals surface area contributed by atoms with E-state index in [1.165, 1.54) is 0 Å². The lowest BCUT2D eigenvalue weighted by Crippen LogP contribution is -2.67. The van der Waals surface area contributed by atoms with Gasteiger partial charge in [-0.15, -0.1) is 0 Å². The molecular weight excluding hydrogens is 624 g/mol. The summed E-state index contributed by atoms with van der Waals surface area (Å²) in [4.78, 5) is 0. The summed E-state index contributed by atoms with van der Waals surface area (Å²) in [5.74, 6) is 0. The fourth-order valence-corrected chi connectivity index (χ4v) is 5.55. The maximum absolute atomic E-state index is 10.9. The third kappa shape index (κ3) is 7.44. The molecule has 0 unspecified atom stereocenters. The highest BCUT2D eigenvalue weighted by Crippen LogP contribution is 2.34. The van der Waals surface area contributed by atoms with E-state index < -0.39 is 149 Å². The molecule has 21 nitrogen and oxygen atoms in total. The second-order valence-electron chi connectivity index (χ2n) is 11.1. The Kier molecular flexibility index (Phi) is 12.8. The maximum atomic E-state index is 10.9. The molecule has 0 bridgehead atoms. The predicted octanol–water partition coefficient (Wildman–Crippen LogP) is -9.75. The van der Waals surface area contributed by atoms with E-state index in [1.807, 2.05) is 0 Å². The summed E-state index contributed by atoms with van der Waals surface area (Å²) in [5, 5.41) is 142. The first kappa shape index (κ1) is 37.0. The van der Waals surface area contributed by atoms with Gasteiger partial charge in [0, 0.05) is 0 Å². The van der Waals surface area contributed by atoms with Crippen LogP contribution < -0.4 is 0 Å². The highest BCUT2D eigenvalue weighted by Gasteiger charge is 2.55. The van der Waals surface area contributed by atoms with Crippen molar-refractivity contribution >= 4 is 0 Å². The molecule has 4 saturated heterocycles. The van der Waals surface area contributed by atoms with Gasteiger partial charge in [0.2, 0.25) is 0 Å². The number of aliphatic hydroxyl groups excluding tert-OH is 14. The van der Waals surface area contributed by atoms with Gasteiger partial charge in [-0.2, -0.15) is 0 Å². The summed E-state index contributed by atoms with van der Waals surface area (Å²) in [6.45, 7) is -3.39. The Bertz CT molecular complexity index is 910. The smallest absolute Gasteiger partial charge is 0.187 e. The minimum atomic E-state index is -2.02. The van der Waals surface area contributed by atoms with Crippen molar-refractivity contribution in [2.45, 2.75) is 123 Å². The molecule has 0 aliphatic carbocycles. The minimum Gasteiger partial charge on any atom is -0.394 e. The highest BCUT2D eigenvalue weighted by atomic mass is 16.8. The van der Waals surface area contributed by atoms with Crippen molar-refractivity contribution in [1.29, 1.82) is 0 Å². The molecule has 21 heteroatoms. The normalized spacial score (nSPS) is 52.9. The van der Waals surface area contributed by atoms with E-state index >= 15 is 0 Å². The largest absolute Gasteiger partial charge is 0.394 e.